The number of fused-ring (bicyclic) bond motifs is 1. The molecule has 0 fully saturated rings. The Hall–Kier alpha value is -2.11. The molecule has 0 aliphatic carbocycles. The third-order valence-corrected chi connectivity index (χ3v) is 1.66. The third-order valence-electron chi connectivity index (χ3n) is 1.66. The van der Waals surface area contributed by atoms with Gasteiger partial charge in [0.15, 0.2) is 0 Å². The quantitative estimate of drug-likeness (QED) is 0.571. The van der Waals surface area contributed by atoms with Gasteiger partial charge in [-0.2, -0.15) is 0 Å². The number of pyridine rings is 1. The number of hydrogen-bond donors (Lipinski definition) is 3. The van der Waals surface area contributed by atoms with Gasteiger partial charge in [-0.15, -0.1) is 0 Å². The average molecular weight is 179 g/mol. The largest absolute Gasteiger partial charge is 0.478 e. The lowest BCUT2D eigenvalue weighted by Crippen LogP contribution is -2.01. The standard InChI is InChI=1S/C7H5N3O3/c11-6(12)3-1-8-2-4-5(3)10-7(13)9-4/h1-2H,(H,11,12)(H2,9,10,13). The highest BCUT2D eigenvalue weighted by molar-refractivity contribution is 5.99. The van der Waals surface area contributed by atoms with Crippen molar-refractivity contribution in [3.8, 4) is 0 Å². The van der Waals surface area contributed by atoms with Gasteiger partial charge in [-0.3, -0.25) is 4.98 Å². The second-order valence-electron chi connectivity index (χ2n) is 2.49. The Balaban J connectivity index is 2.90. The zero-order valence-electron chi connectivity index (χ0n) is 6.37. The minimum absolute atomic E-state index is 0.0177. The molecule has 0 amide bonds. The van der Waals surface area contributed by atoms with Crippen LogP contribution in [0.4, 0.5) is 0 Å². The summed E-state index contributed by atoms with van der Waals surface area (Å²) < 4.78 is 0. The van der Waals surface area contributed by atoms with E-state index >= 15 is 0 Å². The molecule has 2 aromatic heterocycles. The fourth-order valence-electron chi connectivity index (χ4n) is 1.12. The van der Waals surface area contributed by atoms with Crippen LogP contribution in [0.1, 0.15) is 10.4 Å². The predicted molar refractivity (Wildman–Crippen MR) is 43.7 cm³/mol. The van der Waals surface area contributed by atoms with Gasteiger partial charge in [-0.1, -0.05) is 0 Å². The topological polar surface area (TPSA) is 98.8 Å². The van der Waals surface area contributed by atoms with E-state index in [1.54, 1.807) is 0 Å². The molecule has 0 atom stereocenters. The summed E-state index contributed by atoms with van der Waals surface area (Å²) in [5, 5.41) is 8.72. The average Bonchev–Trinajstić information content (AvgIpc) is 2.43. The zero-order chi connectivity index (χ0) is 9.42. The van der Waals surface area contributed by atoms with Gasteiger partial charge in [-0.25, -0.2) is 9.59 Å². The van der Waals surface area contributed by atoms with Gasteiger partial charge in [0.2, 0.25) is 0 Å². The molecule has 0 radical (unpaired) electrons. The van der Waals surface area contributed by atoms with E-state index < -0.39 is 11.7 Å². The smallest absolute Gasteiger partial charge is 0.339 e. The molecule has 0 aromatic carbocycles. The van der Waals surface area contributed by atoms with Gasteiger partial charge in [0, 0.05) is 6.20 Å². The van der Waals surface area contributed by atoms with E-state index in [2.05, 4.69) is 15.0 Å². The molecule has 0 saturated heterocycles. The molecule has 2 rings (SSSR count). The highest BCUT2D eigenvalue weighted by atomic mass is 16.4. The Kier molecular flexibility index (Phi) is 1.42. The first-order valence-corrected chi connectivity index (χ1v) is 3.48. The Morgan fingerprint density at radius 2 is 2.15 bits per heavy atom. The lowest BCUT2D eigenvalue weighted by atomic mass is 10.2. The number of rotatable bonds is 1. The molecule has 13 heavy (non-hydrogen) atoms. The predicted octanol–water partition coefficient (Wildman–Crippen LogP) is -0.0506. The SMILES string of the molecule is O=C(O)c1cncc2[nH]c(=O)[nH]c12. The van der Waals surface area contributed by atoms with Crippen molar-refractivity contribution in [2.45, 2.75) is 0 Å². The van der Waals surface area contributed by atoms with Crippen LogP contribution in [0, 0.1) is 0 Å². The molecule has 2 aromatic rings. The van der Waals surface area contributed by atoms with E-state index in [1.165, 1.54) is 12.4 Å². The van der Waals surface area contributed by atoms with Crippen LogP contribution in [0.5, 0.6) is 0 Å². The molecular weight excluding hydrogens is 174 g/mol. The maximum absolute atomic E-state index is 10.8. The number of H-pyrrole nitrogens is 2. The molecule has 3 N–H and O–H groups in total. The van der Waals surface area contributed by atoms with Gasteiger partial charge < -0.3 is 15.1 Å². The van der Waals surface area contributed by atoms with Gasteiger partial charge in [0.1, 0.15) is 5.56 Å². The molecule has 6 heteroatoms. The molecule has 66 valence electrons. The number of carbonyl (C=O) groups is 1. The molecular formula is C7H5N3O3. The highest BCUT2D eigenvalue weighted by Crippen LogP contribution is 2.10. The summed E-state index contributed by atoms with van der Waals surface area (Å²) in [5.41, 5.74) is 0.207. The van der Waals surface area contributed by atoms with Crippen molar-refractivity contribution in [2.24, 2.45) is 0 Å². The first kappa shape index (κ1) is 7.53. The number of nitrogens with one attached hydrogen (secondary N) is 2. The summed E-state index contributed by atoms with van der Waals surface area (Å²) in [6.45, 7) is 0. The molecule has 2 heterocycles. The zero-order valence-corrected chi connectivity index (χ0v) is 6.37. The molecule has 6 nitrogen and oxygen atoms in total. The van der Waals surface area contributed by atoms with Crippen LogP contribution in [0.2, 0.25) is 0 Å². The first-order valence-electron chi connectivity index (χ1n) is 3.48. The summed E-state index contributed by atoms with van der Waals surface area (Å²) in [7, 11) is 0. The Morgan fingerprint density at radius 1 is 1.38 bits per heavy atom. The van der Waals surface area contributed by atoms with Gasteiger partial charge in [0.25, 0.3) is 0 Å². The molecule has 0 bridgehead atoms. The monoisotopic (exact) mass is 179 g/mol. The number of aromatic carboxylic acids is 1. The molecule has 0 aliphatic heterocycles. The Bertz CT molecular complexity index is 525. The van der Waals surface area contributed by atoms with E-state index in [1.807, 2.05) is 0 Å². The fraction of sp³-hybridized carbons (Fsp3) is 0. The van der Waals surface area contributed by atoms with E-state index in [0.29, 0.717) is 5.52 Å². The summed E-state index contributed by atoms with van der Waals surface area (Å²) in [4.78, 5) is 29.9. The number of imidazole rings is 1. The van der Waals surface area contributed by atoms with Crippen molar-refractivity contribution in [1.29, 1.82) is 0 Å². The van der Waals surface area contributed by atoms with Crippen LogP contribution in [0.25, 0.3) is 11.0 Å². The van der Waals surface area contributed by atoms with Crippen molar-refractivity contribution in [3.05, 3.63) is 28.4 Å². The van der Waals surface area contributed by atoms with Gasteiger partial charge in [-0.05, 0) is 0 Å². The second kappa shape index (κ2) is 2.44. The van der Waals surface area contributed by atoms with Crippen LogP contribution in [-0.4, -0.2) is 26.0 Å². The minimum Gasteiger partial charge on any atom is -0.478 e. The number of aromatic nitrogens is 3. The van der Waals surface area contributed by atoms with Crippen LogP contribution in [-0.2, 0) is 0 Å². The summed E-state index contributed by atoms with van der Waals surface area (Å²) in [6.07, 6.45) is 2.58. The van der Waals surface area contributed by atoms with E-state index in [9.17, 15) is 9.59 Å². The lowest BCUT2D eigenvalue weighted by molar-refractivity contribution is 0.0698. The summed E-state index contributed by atoms with van der Waals surface area (Å²) in [6, 6.07) is 0. The Labute approximate surface area is 71.2 Å². The minimum atomic E-state index is -1.12. The highest BCUT2D eigenvalue weighted by Gasteiger charge is 2.10. The van der Waals surface area contributed by atoms with Crippen molar-refractivity contribution in [3.63, 3.8) is 0 Å². The third kappa shape index (κ3) is 1.08. The van der Waals surface area contributed by atoms with Crippen LogP contribution in [0.15, 0.2) is 17.2 Å². The van der Waals surface area contributed by atoms with Crippen molar-refractivity contribution >= 4 is 17.0 Å². The van der Waals surface area contributed by atoms with Crippen LogP contribution >= 0.6 is 0 Å². The van der Waals surface area contributed by atoms with Crippen molar-refractivity contribution < 1.29 is 9.90 Å². The summed E-state index contributed by atoms with van der Waals surface area (Å²) in [5.74, 6) is -1.12. The summed E-state index contributed by atoms with van der Waals surface area (Å²) >= 11 is 0. The van der Waals surface area contributed by atoms with Gasteiger partial charge in [0.05, 0.1) is 17.2 Å². The van der Waals surface area contributed by atoms with Crippen LogP contribution in [0.3, 0.4) is 0 Å². The second-order valence-corrected chi connectivity index (χ2v) is 2.49. The maximum Gasteiger partial charge on any atom is 0.339 e. The van der Waals surface area contributed by atoms with E-state index in [0.717, 1.165) is 0 Å². The lowest BCUT2D eigenvalue weighted by Gasteiger charge is -1.93. The van der Waals surface area contributed by atoms with E-state index in [-0.39, 0.29) is 11.1 Å². The fourth-order valence-corrected chi connectivity index (χ4v) is 1.12. The molecule has 0 aliphatic rings. The van der Waals surface area contributed by atoms with Crippen molar-refractivity contribution in [1.82, 2.24) is 15.0 Å². The van der Waals surface area contributed by atoms with Gasteiger partial charge >= 0.3 is 11.7 Å². The van der Waals surface area contributed by atoms with E-state index in [4.69, 9.17) is 5.11 Å². The number of nitrogens with zero attached hydrogens (tertiary/aromatic N) is 1. The molecule has 0 spiro atoms. The molecule has 0 unspecified atom stereocenters. The Morgan fingerprint density at radius 3 is 2.85 bits per heavy atom. The van der Waals surface area contributed by atoms with Crippen LogP contribution < -0.4 is 5.69 Å². The first-order chi connectivity index (χ1) is 6.18. The number of aromatic amines is 2. The van der Waals surface area contributed by atoms with Crippen molar-refractivity contribution in [2.75, 3.05) is 0 Å². The number of hydrogen-bond acceptors (Lipinski definition) is 3. The maximum atomic E-state index is 10.8. The number of carboxylic acids is 1. The normalized spacial score (nSPS) is 10.5. The molecule has 0 saturated carbocycles. The number of carboxylic acid groups (broad SMARTS) is 1.